The molecular formula is C25H31N5O4S. The van der Waals surface area contributed by atoms with Crippen molar-refractivity contribution in [1.29, 1.82) is 5.26 Å². The van der Waals surface area contributed by atoms with Crippen LogP contribution >= 0.6 is 0 Å². The first-order chi connectivity index (χ1) is 16.7. The summed E-state index contributed by atoms with van der Waals surface area (Å²) in [4.78, 5) is 18.6. The highest BCUT2D eigenvalue weighted by Gasteiger charge is 2.18. The number of ether oxygens (including phenoxy) is 1. The van der Waals surface area contributed by atoms with E-state index < -0.39 is 10.0 Å². The molecule has 0 radical (unpaired) electrons. The van der Waals surface area contributed by atoms with Gasteiger partial charge in [0.2, 0.25) is 10.0 Å². The number of aromatic nitrogens is 2. The second-order valence-electron chi connectivity index (χ2n) is 8.43. The summed E-state index contributed by atoms with van der Waals surface area (Å²) in [6.45, 7) is 3.55. The van der Waals surface area contributed by atoms with Crippen LogP contribution in [0.25, 0.3) is 11.0 Å². The number of nitrogens with one attached hydrogen (secondary N) is 1. The van der Waals surface area contributed by atoms with Gasteiger partial charge in [-0.05, 0) is 63.3 Å². The van der Waals surface area contributed by atoms with E-state index in [9.17, 15) is 13.2 Å². The number of rotatable bonds is 12. The lowest BCUT2D eigenvalue weighted by molar-refractivity contribution is -0.143. The molecule has 0 aliphatic rings. The highest BCUT2D eigenvalue weighted by Crippen LogP contribution is 2.23. The van der Waals surface area contributed by atoms with Crippen LogP contribution < -0.4 is 4.72 Å². The lowest BCUT2D eigenvalue weighted by Crippen LogP contribution is -2.31. The third-order valence-electron chi connectivity index (χ3n) is 5.47. The molecule has 0 unspecified atom stereocenters. The number of fused-ring (bicyclic) bond motifs is 1. The summed E-state index contributed by atoms with van der Waals surface area (Å²) in [5.41, 5.74) is 2.92. The van der Waals surface area contributed by atoms with E-state index in [2.05, 4.69) is 10.8 Å². The van der Waals surface area contributed by atoms with Crippen molar-refractivity contribution in [1.82, 2.24) is 19.2 Å². The zero-order valence-corrected chi connectivity index (χ0v) is 21.1. The summed E-state index contributed by atoms with van der Waals surface area (Å²) in [6, 6.07) is 14.3. The molecule has 1 aromatic heterocycles. The van der Waals surface area contributed by atoms with E-state index in [0.29, 0.717) is 50.2 Å². The van der Waals surface area contributed by atoms with Crippen LogP contribution in [0.1, 0.15) is 36.7 Å². The fourth-order valence-electron chi connectivity index (χ4n) is 3.69. The van der Waals surface area contributed by atoms with E-state index in [-0.39, 0.29) is 17.3 Å². The summed E-state index contributed by atoms with van der Waals surface area (Å²) < 4.78 is 35.2. The zero-order valence-electron chi connectivity index (χ0n) is 20.3. The quantitative estimate of drug-likeness (QED) is 0.382. The van der Waals surface area contributed by atoms with Crippen molar-refractivity contribution in [2.45, 2.75) is 37.6 Å². The first-order valence-corrected chi connectivity index (χ1v) is 13.0. The van der Waals surface area contributed by atoms with E-state index in [1.54, 1.807) is 37.3 Å². The van der Waals surface area contributed by atoms with Gasteiger partial charge in [-0.3, -0.25) is 4.79 Å². The number of esters is 1. The van der Waals surface area contributed by atoms with Gasteiger partial charge in [-0.25, -0.2) is 18.1 Å². The smallest absolute Gasteiger partial charge is 0.305 e. The molecule has 3 aromatic rings. The van der Waals surface area contributed by atoms with Crippen molar-refractivity contribution in [2.75, 3.05) is 33.8 Å². The Balaban J connectivity index is 1.91. The predicted octanol–water partition coefficient (Wildman–Crippen LogP) is 2.68. The van der Waals surface area contributed by atoms with Gasteiger partial charge in [0, 0.05) is 32.5 Å². The Morgan fingerprint density at radius 3 is 2.60 bits per heavy atom. The van der Waals surface area contributed by atoms with Crippen molar-refractivity contribution < 1.29 is 17.9 Å². The Labute approximate surface area is 206 Å². The molecule has 0 bridgehead atoms. The highest BCUT2D eigenvalue weighted by atomic mass is 32.2. The Morgan fingerprint density at radius 1 is 1.20 bits per heavy atom. The third kappa shape index (κ3) is 7.11. The Morgan fingerprint density at radius 2 is 1.94 bits per heavy atom. The Hall–Kier alpha value is -3.26. The normalized spacial score (nSPS) is 11.6. The maximum atomic E-state index is 12.8. The van der Waals surface area contributed by atoms with Gasteiger partial charge >= 0.3 is 5.97 Å². The van der Waals surface area contributed by atoms with Crippen LogP contribution in [-0.2, 0) is 32.5 Å². The number of likely N-dealkylation sites (N-methyl/N-ethyl adjacent to an activating group) is 1. The van der Waals surface area contributed by atoms with E-state index in [1.165, 1.54) is 0 Å². The maximum absolute atomic E-state index is 12.8. The van der Waals surface area contributed by atoms with Crippen molar-refractivity contribution in [3.05, 3.63) is 59.4 Å². The van der Waals surface area contributed by atoms with Crippen molar-refractivity contribution in [3.63, 3.8) is 0 Å². The fraction of sp³-hybridized carbons (Fsp3) is 0.400. The van der Waals surface area contributed by atoms with E-state index in [0.717, 1.165) is 16.9 Å². The van der Waals surface area contributed by atoms with Gasteiger partial charge in [-0.1, -0.05) is 12.1 Å². The monoisotopic (exact) mass is 497 g/mol. The third-order valence-corrected chi connectivity index (χ3v) is 6.93. The molecule has 35 heavy (non-hydrogen) atoms. The minimum absolute atomic E-state index is 0.157. The van der Waals surface area contributed by atoms with Crippen LogP contribution in [-0.4, -0.2) is 62.6 Å². The second-order valence-corrected chi connectivity index (χ2v) is 10.2. The average Bonchev–Trinajstić information content (AvgIpc) is 3.15. The molecule has 0 saturated carbocycles. The van der Waals surface area contributed by atoms with Crippen molar-refractivity contribution in [3.8, 4) is 6.07 Å². The Bertz CT molecular complexity index is 1310. The number of nitriles is 1. The zero-order chi connectivity index (χ0) is 25.4. The number of carbonyl (C=O) groups excluding carboxylic acids is 1. The molecule has 10 heteroatoms. The summed E-state index contributed by atoms with van der Waals surface area (Å²) in [5.74, 6) is 0.506. The predicted molar refractivity (Wildman–Crippen MR) is 133 cm³/mol. The molecule has 3 rings (SSSR count). The Kier molecular flexibility index (Phi) is 8.98. The largest absolute Gasteiger partial charge is 0.466 e. The van der Waals surface area contributed by atoms with Crippen LogP contribution in [0.4, 0.5) is 0 Å². The maximum Gasteiger partial charge on any atom is 0.305 e. The number of nitrogens with zero attached hydrogens (tertiary/aromatic N) is 4. The summed E-state index contributed by atoms with van der Waals surface area (Å²) in [7, 11) is 0.0888. The number of hydrogen-bond acceptors (Lipinski definition) is 7. The van der Waals surface area contributed by atoms with Crippen LogP contribution in [0.5, 0.6) is 0 Å². The van der Waals surface area contributed by atoms with Crippen LogP contribution in [0.2, 0.25) is 0 Å². The minimum Gasteiger partial charge on any atom is -0.466 e. The van der Waals surface area contributed by atoms with Gasteiger partial charge in [-0.2, -0.15) is 5.26 Å². The molecule has 0 aliphatic heterocycles. The lowest BCUT2D eigenvalue weighted by atomic mass is 10.1. The van der Waals surface area contributed by atoms with E-state index in [4.69, 9.17) is 15.0 Å². The molecule has 0 fully saturated rings. The molecular weight excluding hydrogens is 466 g/mol. The summed E-state index contributed by atoms with van der Waals surface area (Å²) in [6.07, 6.45) is 1.35. The molecule has 0 spiro atoms. The fourth-order valence-corrected chi connectivity index (χ4v) is 4.73. The number of imidazole rings is 1. The molecule has 186 valence electrons. The molecule has 0 amide bonds. The van der Waals surface area contributed by atoms with Gasteiger partial charge in [0.15, 0.2) is 0 Å². The first kappa shape index (κ1) is 26.3. The van der Waals surface area contributed by atoms with Crippen LogP contribution in [0, 0.1) is 11.3 Å². The number of benzene rings is 2. The molecule has 1 heterocycles. The molecule has 9 nitrogen and oxygen atoms in total. The second kappa shape index (κ2) is 11.9. The lowest BCUT2D eigenvalue weighted by Gasteiger charge is -2.11. The van der Waals surface area contributed by atoms with Gasteiger partial charge in [0.1, 0.15) is 5.82 Å². The number of sulfonamides is 1. The SMILES string of the molecule is CCOC(=O)CCCn1c(Cc2ccc(C#N)cc2)nc2cc(S(=O)(=O)NCCN(C)C)ccc21. The topological polar surface area (TPSA) is 117 Å². The van der Waals surface area contributed by atoms with Gasteiger partial charge in [0.25, 0.3) is 0 Å². The van der Waals surface area contributed by atoms with Crippen LogP contribution in [0.15, 0.2) is 47.4 Å². The standard InChI is InChI=1S/C25H31N5O4S/c1-4-34-25(31)6-5-14-30-23-12-11-21(35(32,33)27-13-15-29(2)3)17-22(23)28-24(30)16-19-7-9-20(18-26)10-8-19/h7-12,17,27H,4-6,13-16H2,1-3H3. The summed E-state index contributed by atoms with van der Waals surface area (Å²) >= 11 is 0. The van der Waals surface area contributed by atoms with Gasteiger partial charge in [0.05, 0.1) is 34.2 Å². The van der Waals surface area contributed by atoms with Crippen molar-refractivity contribution in [2.24, 2.45) is 0 Å². The van der Waals surface area contributed by atoms with E-state index in [1.807, 2.05) is 35.7 Å². The molecule has 2 aromatic carbocycles. The number of carbonyl (C=O) groups is 1. The number of hydrogen-bond donors (Lipinski definition) is 1. The molecule has 0 atom stereocenters. The van der Waals surface area contributed by atoms with Gasteiger partial charge in [-0.15, -0.1) is 0 Å². The number of aryl methyl sites for hydroxylation is 1. The van der Waals surface area contributed by atoms with Crippen molar-refractivity contribution >= 4 is 27.0 Å². The molecule has 0 aliphatic carbocycles. The summed E-state index contributed by atoms with van der Waals surface area (Å²) in [5, 5.41) is 9.05. The highest BCUT2D eigenvalue weighted by molar-refractivity contribution is 7.89. The molecule has 1 N–H and O–H groups in total. The average molecular weight is 498 g/mol. The minimum atomic E-state index is -3.67. The van der Waals surface area contributed by atoms with Gasteiger partial charge < -0.3 is 14.2 Å². The van der Waals surface area contributed by atoms with E-state index >= 15 is 0 Å². The van der Waals surface area contributed by atoms with Crippen LogP contribution in [0.3, 0.4) is 0 Å². The molecule has 0 saturated heterocycles. The first-order valence-electron chi connectivity index (χ1n) is 11.5.